The second-order valence-corrected chi connectivity index (χ2v) is 10.3. The summed E-state index contributed by atoms with van der Waals surface area (Å²) in [4.78, 5) is 38.3. The number of Topliss-reactive ketones (excluding diaryl/α,β-unsaturated/α-hetero) is 1. The molecule has 2 aromatic rings. The minimum atomic E-state index is -4.86. The molecule has 4 rings (SSSR count). The van der Waals surface area contributed by atoms with Crippen LogP contribution in [0.1, 0.15) is 0 Å². The van der Waals surface area contributed by atoms with Crippen LogP contribution in [0.5, 0.6) is 5.75 Å². The molecule has 0 bridgehead atoms. The van der Waals surface area contributed by atoms with E-state index in [4.69, 9.17) is 4.74 Å². The van der Waals surface area contributed by atoms with E-state index in [1.54, 1.807) is 24.3 Å². The highest BCUT2D eigenvalue weighted by molar-refractivity contribution is 8.13. The number of hydrogen-bond acceptors (Lipinski definition) is 7. The van der Waals surface area contributed by atoms with E-state index in [0.29, 0.717) is 16.9 Å². The molecular weight excluding hydrogens is 477 g/mol. The van der Waals surface area contributed by atoms with Crippen LogP contribution in [0.2, 0.25) is 0 Å². The van der Waals surface area contributed by atoms with E-state index in [1.807, 2.05) is 0 Å². The molecule has 2 aliphatic rings. The predicted molar refractivity (Wildman–Crippen MR) is 117 cm³/mol. The maximum absolute atomic E-state index is 15.1. The molecule has 2 atom stereocenters. The predicted octanol–water partition coefficient (Wildman–Crippen LogP) is 2.13. The average molecular weight is 493 g/mol. The third-order valence-corrected chi connectivity index (χ3v) is 8.29. The van der Waals surface area contributed by atoms with E-state index in [-0.39, 0.29) is 17.4 Å². The lowest BCUT2D eigenvalue weighted by molar-refractivity contribution is -0.136. The Morgan fingerprint density at radius 3 is 2.45 bits per heavy atom. The molecule has 9 nitrogen and oxygen atoms in total. The molecule has 33 heavy (non-hydrogen) atoms. The van der Waals surface area contributed by atoms with Crippen molar-refractivity contribution in [3.8, 4) is 16.9 Å². The summed E-state index contributed by atoms with van der Waals surface area (Å²) in [5.41, 5.74) is -0.319. The first-order valence-corrected chi connectivity index (χ1v) is 11.8. The van der Waals surface area contributed by atoms with E-state index in [2.05, 4.69) is 0 Å². The number of ether oxygens (including phenoxy) is 1. The minimum Gasteiger partial charge on any atom is -0.497 e. The van der Waals surface area contributed by atoms with Gasteiger partial charge in [0.05, 0.1) is 24.9 Å². The van der Waals surface area contributed by atoms with Crippen LogP contribution in [0.4, 0.5) is 10.1 Å². The molecule has 12 heteroatoms. The largest absolute Gasteiger partial charge is 0.497 e. The fourth-order valence-corrected chi connectivity index (χ4v) is 6.36. The number of thioether (sulfide) groups is 1. The van der Waals surface area contributed by atoms with Crippen LogP contribution < -0.4 is 9.64 Å². The first kappa shape index (κ1) is 23.0. The summed E-state index contributed by atoms with van der Waals surface area (Å²) in [6, 6.07) is 10.8. The number of amides is 1. The zero-order valence-electron chi connectivity index (χ0n) is 16.9. The molecule has 0 saturated heterocycles. The topological polar surface area (TPSA) is 138 Å². The van der Waals surface area contributed by atoms with Crippen molar-refractivity contribution in [1.29, 1.82) is 0 Å². The number of halogens is 1. The Kier molecular flexibility index (Phi) is 5.76. The van der Waals surface area contributed by atoms with Gasteiger partial charge in [0.25, 0.3) is 16.0 Å². The maximum Gasteiger partial charge on any atom is 0.321 e. The molecule has 172 valence electrons. The van der Waals surface area contributed by atoms with E-state index in [1.165, 1.54) is 19.2 Å². The van der Waals surface area contributed by atoms with Crippen molar-refractivity contribution in [2.24, 2.45) is 0 Å². The smallest absolute Gasteiger partial charge is 0.321 e. The Balaban J connectivity index is 1.75. The average Bonchev–Trinajstić information content (AvgIpc) is 3.19. The van der Waals surface area contributed by atoms with Crippen molar-refractivity contribution in [2.75, 3.05) is 18.6 Å². The zero-order chi connectivity index (χ0) is 24.1. The van der Waals surface area contributed by atoms with Crippen LogP contribution in [0.15, 0.2) is 53.6 Å². The summed E-state index contributed by atoms with van der Waals surface area (Å²) in [5.74, 6) is -3.75. The quantitative estimate of drug-likeness (QED) is 0.600. The van der Waals surface area contributed by atoms with Gasteiger partial charge in [0, 0.05) is 5.57 Å². The Labute approximate surface area is 191 Å². The van der Waals surface area contributed by atoms with Crippen molar-refractivity contribution in [1.82, 2.24) is 0 Å². The summed E-state index contributed by atoms with van der Waals surface area (Å²) in [5, 5.41) is 7.76. The van der Waals surface area contributed by atoms with Gasteiger partial charge in [-0.15, -0.1) is 11.8 Å². The number of aliphatic carboxylic acids is 1. The zero-order valence-corrected chi connectivity index (χ0v) is 18.5. The second-order valence-electron chi connectivity index (χ2n) is 7.24. The fourth-order valence-electron chi connectivity index (χ4n) is 3.79. The van der Waals surface area contributed by atoms with Gasteiger partial charge >= 0.3 is 5.97 Å². The van der Waals surface area contributed by atoms with Gasteiger partial charge in [-0.1, -0.05) is 18.2 Å². The number of carbonyl (C=O) groups excluding carboxylic acids is 2. The van der Waals surface area contributed by atoms with Crippen molar-refractivity contribution >= 4 is 45.2 Å². The molecule has 1 amide bonds. The molecule has 0 aromatic heterocycles. The van der Waals surface area contributed by atoms with E-state index < -0.39 is 61.1 Å². The molecule has 0 aliphatic carbocycles. The van der Waals surface area contributed by atoms with Gasteiger partial charge in [0.15, 0.2) is 10.4 Å². The van der Waals surface area contributed by atoms with Gasteiger partial charge in [-0.2, -0.15) is 8.42 Å². The monoisotopic (exact) mass is 493 g/mol. The van der Waals surface area contributed by atoms with E-state index in [0.717, 1.165) is 11.0 Å². The molecule has 0 spiro atoms. The van der Waals surface area contributed by atoms with Crippen LogP contribution in [-0.4, -0.2) is 59.2 Å². The molecule has 2 aliphatic heterocycles. The molecule has 2 unspecified atom stereocenters. The fraction of sp³-hybridized carbons (Fsp3) is 0.190. The molecular formula is C21H16FNO8S2. The SMILES string of the molecule is COc1cccc(-c2ccc(N3CC(=O)C4=C(C3=O)C(C(=O)O)SC4S(=O)(=O)O)c(F)c2)c1. The second kappa shape index (κ2) is 8.28. The molecule has 2 aromatic carbocycles. The van der Waals surface area contributed by atoms with Crippen molar-refractivity contribution < 1.29 is 41.6 Å². The number of carboxylic acids is 1. The van der Waals surface area contributed by atoms with Crippen LogP contribution >= 0.6 is 11.8 Å². The lowest BCUT2D eigenvalue weighted by Gasteiger charge is -2.29. The normalized spacial score (nSPS) is 20.8. The Bertz CT molecular complexity index is 1340. The first-order chi connectivity index (χ1) is 15.5. The van der Waals surface area contributed by atoms with Gasteiger partial charge in [-0.05, 0) is 35.4 Å². The van der Waals surface area contributed by atoms with Gasteiger partial charge < -0.3 is 9.84 Å². The van der Waals surface area contributed by atoms with Crippen molar-refractivity contribution in [3.63, 3.8) is 0 Å². The number of anilines is 1. The highest BCUT2D eigenvalue weighted by Crippen LogP contribution is 2.45. The van der Waals surface area contributed by atoms with E-state index >= 15 is 4.39 Å². The Morgan fingerprint density at radius 2 is 1.85 bits per heavy atom. The standard InChI is InChI=1S/C21H16FNO8S2/c1-31-12-4-2-3-10(7-12)11-5-6-14(13(22)8-11)23-9-15(24)16-17(19(23)25)18(20(26)27)32-21(16)33(28,29)30/h2-8,18,21H,9H2,1H3,(H,26,27)(H,28,29,30). The lowest BCUT2D eigenvalue weighted by atomic mass is 9.95. The third kappa shape index (κ3) is 4.01. The first-order valence-electron chi connectivity index (χ1n) is 9.40. The number of carboxylic acid groups (broad SMARTS) is 1. The molecule has 2 heterocycles. The number of rotatable bonds is 5. The summed E-state index contributed by atoms with van der Waals surface area (Å²) in [6.45, 7) is -0.702. The highest BCUT2D eigenvalue weighted by atomic mass is 32.3. The summed E-state index contributed by atoms with van der Waals surface area (Å²) >= 11 is 0.258. The number of hydrogen-bond donors (Lipinski definition) is 2. The molecule has 2 N–H and O–H groups in total. The molecule has 0 fully saturated rings. The van der Waals surface area contributed by atoms with E-state index in [9.17, 15) is 32.5 Å². The minimum absolute atomic E-state index is 0.258. The van der Waals surface area contributed by atoms with Gasteiger partial charge in [0.1, 0.15) is 16.8 Å². The number of ketones is 1. The lowest BCUT2D eigenvalue weighted by Crippen LogP contribution is -2.45. The third-order valence-electron chi connectivity index (χ3n) is 5.26. The van der Waals surface area contributed by atoms with Crippen molar-refractivity contribution in [3.05, 3.63) is 59.4 Å². The highest BCUT2D eigenvalue weighted by Gasteiger charge is 2.53. The van der Waals surface area contributed by atoms with Gasteiger partial charge in [-0.25, -0.2) is 4.39 Å². The van der Waals surface area contributed by atoms with Crippen molar-refractivity contribution in [2.45, 2.75) is 9.83 Å². The molecule has 0 radical (unpaired) electrons. The number of methoxy groups -OCH3 is 1. The molecule has 0 saturated carbocycles. The van der Waals surface area contributed by atoms with Gasteiger partial charge in [-0.3, -0.25) is 23.8 Å². The van der Waals surface area contributed by atoms with Crippen LogP contribution in [0, 0.1) is 5.82 Å². The van der Waals surface area contributed by atoms with Crippen LogP contribution in [0.25, 0.3) is 11.1 Å². The summed E-state index contributed by atoms with van der Waals surface area (Å²) in [6.07, 6.45) is 0. The maximum atomic E-state index is 15.1. The summed E-state index contributed by atoms with van der Waals surface area (Å²) in [7, 11) is -3.37. The number of benzene rings is 2. The number of carbonyl (C=O) groups is 3. The van der Waals surface area contributed by atoms with Crippen LogP contribution in [0.3, 0.4) is 0 Å². The Morgan fingerprint density at radius 1 is 1.15 bits per heavy atom. The van der Waals surface area contributed by atoms with Gasteiger partial charge in [0.2, 0.25) is 0 Å². The summed E-state index contributed by atoms with van der Waals surface area (Å²) < 4.78 is 51.1. The Hall–Kier alpha value is -3.22. The number of nitrogens with zero attached hydrogens (tertiary/aromatic N) is 1. The van der Waals surface area contributed by atoms with Crippen LogP contribution in [-0.2, 0) is 24.5 Å².